The summed E-state index contributed by atoms with van der Waals surface area (Å²) < 4.78 is 28.1. The van der Waals surface area contributed by atoms with Crippen LogP contribution in [0.3, 0.4) is 0 Å². The van der Waals surface area contributed by atoms with Crippen LogP contribution in [0.1, 0.15) is 41.6 Å². The second-order valence-electron chi connectivity index (χ2n) is 9.99. The van der Waals surface area contributed by atoms with Gasteiger partial charge in [0.15, 0.2) is 0 Å². The number of nitrogens with two attached hydrogens (primary N) is 2. The number of halogens is 1. The van der Waals surface area contributed by atoms with Crippen LogP contribution in [-0.2, 0) is 11.2 Å². The Balaban J connectivity index is 1.32. The van der Waals surface area contributed by atoms with Gasteiger partial charge >= 0.3 is 5.69 Å². The number of anilines is 2. The SMILES string of the molecule is Nc1ccn(-c2cc(C(=O)NCC3(F)CCN(CC4CCOC4)CC3)c3c(c2N)CCCO3)c(=O)n1. The molecule has 2 saturated heterocycles. The molecule has 1 amide bonds. The Morgan fingerprint density at radius 3 is 2.81 bits per heavy atom. The number of benzene rings is 1. The van der Waals surface area contributed by atoms with Crippen molar-refractivity contribution in [2.75, 3.05) is 57.5 Å². The maximum Gasteiger partial charge on any atom is 0.354 e. The summed E-state index contributed by atoms with van der Waals surface area (Å²) in [6.07, 6.45) is 4.57. The molecule has 4 heterocycles. The summed E-state index contributed by atoms with van der Waals surface area (Å²) in [6, 6.07) is 2.99. The monoisotopic (exact) mass is 500 g/mol. The molecule has 0 saturated carbocycles. The van der Waals surface area contributed by atoms with Crippen molar-refractivity contribution in [3.05, 3.63) is 39.9 Å². The number of carbonyl (C=O) groups is 1. The lowest BCUT2D eigenvalue weighted by Gasteiger charge is -2.37. The number of nitrogens with zero attached hydrogens (tertiary/aromatic N) is 3. The van der Waals surface area contributed by atoms with E-state index in [4.69, 9.17) is 20.9 Å². The zero-order chi connectivity index (χ0) is 25.3. The smallest absolute Gasteiger partial charge is 0.354 e. The Morgan fingerprint density at radius 1 is 1.28 bits per heavy atom. The van der Waals surface area contributed by atoms with E-state index in [1.54, 1.807) is 0 Å². The Morgan fingerprint density at radius 2 is 2.08 bits per heavy atom. The van der Waals surface area contributed by atoms with Gasteiger partial charge in [0.25, 0.3) is 5.91 Å². The molecular formula is C25H33FN6O4. The molecule has 0 radical (unpaired) electrons. The molecule has 10 nitrogen and oxygen atoms in total. The van der Waals surface area contributed by atoms with Crippen molar-refractivity contribution in [2.45, 2.75) is 37.8 Å². The second-order valence-corrected chi connectivity index (χ2v) is 9.99. The van der Waals surface area contributed by atoms with E-state index in [2.05, 4.69) is 15.2 Å². The third-order valence-corrected chi connectivity index (χ3v) is 7.41. The third kappa shape index (κ3) is 5.03. The maximum absolute atomic E-state index is 15.6. The molecule has 1 aromatic carbocycles. The molecule has 0 bridgehead atoms. The van der Waals surface area contributed by atoms with Crippen molar-refractivity contribution in [3.8, 4) is 11.4 Å². The van der Waals surface area contributed by atoms with Crippen LogP contribution in [0.25, 0.3) is 5.69 Å². The fourth-order valence-electron chi connectivity index (χ4n) is 5.26. The first kappa shape index (κ1) is 24.5. The molecule has 1 aromatic heterocycles. The molecule has 3 aliphatic heterocycles. The highest BCUT2D eigenvalue weighted by molar-refractivity contribution is 5.99. The van der Waals surface area contributed by atoms with E-state index < -0.39 is 17.3 Å². The highest BCUT2D eigenvalue weighted by Gasteiger charge is 2.36. The van der Waals surface area contributed by atoms with Crippen LogP contribution < -0.4 is 27.2 Å². The van der Waals surface area contributed by atoms with Crippen molar-refractivity contribution in [1.29, 1.82) is 0 Å². The van der Waals surface area contributed by atoms with Crippen molar-refractivity contribution in [3.63, 3.8) is 0 Å². The van der Waals surface area contributed by atoms with E-state index in [9.17, 15) is 9.59 Å². The van der Waals surface area contributed by atoms with Gasteiger partial charge in [0.2, 0.25) is 0 Å². The summed E-state index contributed by atoms with van der Waals surface area (Å²) in [5.41, 5.74) is 11.5. The standard InChI is InChI=1S/C25H33FN6O4/c26-25(5-8-31(9-6-25)13-16-4-11-35-14-16)15-29-23(33)18-12-19(32-7-3-20(27)30-24(32)34)21(28)17-2-1-10-36-22(17)18/h3,7,12,16H,1-2,4-6,8-11,13-15,28H2,(H,29,33)(H2,27,30,34). The number of aromatic nitrogens is 2. The average molecular weight is 501 g/mol. The number of hydrogen-bond acceptors (Lipinski definition) is 8. The Bertz CT molecular complexity index is 1190. The third-order valence-electron chi connectivity index (χ3n) is 7.41. The molecule has 3 aliphatic rings. The van der Waals surface area contributed by atoms with Crippen LogP contribution >= 0.6 is 0 Å². The van der Waals surface area contributed by atoms with Crippen LogP contribution in [0.2, 0.25) is 0 Å². The molecule has 0 spiro atoms. The first-order valence-electron chi connectivity index (χ1n) is 12.5. The van der Waals surface area contributed by atoms with Crippen molar-refractivity contribution >= 4 is 17.4 Å². The number of alkyl halides is 1. The number of piperidine rings is 1. The highest BCUT2D eigenvalue weighted by Crippen LogP contribution is 2.37. The van der Waals surface area contributed by atoms with Crippen LogP contribution in [0.5, 0.6) is 5.75 Å². The van der Waals surface area contributed by atoms with Gasteiger partial charge < -0.3 is 31.2 Å². The number of nitrogen functional groups attached to an aromatic ring is 2. The number of amides is 1. The average Bonchev–Trinajstić information content (AvgIpc) is 3.38. The van der Waals surface area contributed by atoms with E-state index >= 15 is 4.39 Å². The van der Waals surface area contributed by atoms with Crippen LogP contribution in [0.15, 0.2) is 23.1 Å². The first-order valence-corrected chi connectivity index (χ1v) is 12.5. The molecule has 5 rings (SSSR count). The molecule has 0 aliphatic carbocycles. The minimum Gasteiger partial charge on any atom is -0.492 e. The summed E-state index contributed by atoms with van der Waals surface area (Å²) in [4.78, 5) is 31.8. The number of fused-ring (bicyclic) bond motifs is 1. The van der Waals surface area contributed by atoms with Crippen molar-refractivity contribution in [1.82, 2.24) is 19.8 Å². The minimum atomic E-state index is -1.48. The Hall–Kier alpha value is -3.18. The lowest BCUT2D eigenvalue weighted by molar-refractivity contribution is 0.0475. The van der Waals surface area contributed by atoms with Gasteiger partial charge in [-0.15, -0.1) is 0 Å². The van der Waals surface area contributed by atoms with Crippen LogP contribution in [0.4, 0.5) is 15.9 Å². The lowest BCUT2D eigenvalue weighted by atomic mass is 9.92. The van der Waals surface area contributed by atoms with Gasteiger partial charge in [-0.3, -0.25) is 9.36 Å². The van der Waals surface area contributed by atoms with E-state index in [0.29, 0.717) is 67.6 Å². The topological polar surface area (TPSA) is 138 Å². The fraction of sp³-hybridized carbons (Fsp3) is 0.560. The number of likely N-dealkylation sites (tertiary alicyclic amines) is 1. The zero-order valence-corrected chi connectivity index (χ0v) is 20.3. The van der Waals surface area contributed by atoms with Crippen molar-refractivity contribution < 1.29 is 18.7 Å². The second kappa shape index (κ2) is 10.1. The van der Waals surface area contributed by atoms with Gasteiger partial charge in [-0.1, -0.05) is 0 Å². The lowest BCUT2D eigenvalue weighted by Crippen LogP contribution is -2.49. The summed E-state index contributed by atoms with van der Waals surface area (Å²) in [5, 5.41) is 2.77. The van der Waals surface area contributed by atoms with Crippen LogP contribution in [0, 0.1) is 5.92 Å². The number of nitrogens with one attached hydrogen (secondary N) is 1. The predicted molar refractivity (Wildman–Crippen MR) is 133 cm³/mol. The number of hydrogen-bond donors (Lipinski definition) is 3. The summed E-state index contributed by atoms with van der Waals surface area (Å²) in [5.74, 6) is 0.530. The minimum absolute atomic E-state index is 0.0879. The Labute approximate surface area is 208 Å². The molecule has 1 atom stereocenters. The van der Waals surface area contributed by atoms with Gasteiger partial charge in [-0.05, 0) is 50.2 Å². The molecule has 2 aromatic rings. The zero-order valence-electron chi connectivity index (χ0n) is 20.3. The van der Waals surface area contributed by atoms with Gasteiger partial charge in [-0.25, -0.2) is 9.18 Å². The summed E-state index contributed by atoms with van der Waals surface area (Å²) in [6.45, 7) is 4.18. The van der Waals surface area contributed by atoms with E-state index in [1.807, 2.05) is 0 Å². The molecule has 5 N–H and O–H groups in total. The maximum atomic E-state index is 15.6. The highest BCUT2D eigenvalue weighted by atomic mass is 19.1. The number of ether oxygens (including phenoxy) is 2. The normalized spacial score (nSPS) is 21.5. The van der Waals surface area contributed by atoms with Gasteiger partial charge in [0, 0.05) is 38.0 Å². The largest absolute Gasteiger partial charge is 0.492 e. The molecular weight excluding hydrogens is 467 g/mol. The van der Waals surface area contributed by atoms with Gasteiger partial charge in [0.1, 0.15) is 17.2 Å². The first-order chi connectivity index (χ1) is 17.3. The Kier molecular flexibility index (Phi) is 6.85. The molecule has 1 unspecified atom stereocenters. The fourth-order valence-corrected chi connectivity index (χ4v) is 5.26. The summed E-state index contributed by atoms with van der Waals surface area (Å²) in [7, 11) is 0. The summed E-state index contributed by atoms with van der Waals surface area (Å²) >= 11 is 0. The van der Waals surface area contributed by atoms with Crippen molar-refractivity contribution in [2.24, 2.45) is 5.92 Å². The van der Waals surface area contributed by atoms with Crippen LogP contribution in [-0.4, -0.2) is 72.0 Å². The predicted octanol–water partition coefficient (Wildman–Crippen LogP) is 1.29. The quantitative estimate of drug-likeness (QED) is 0.505. The number of rotatable bonds is 6. The van der Waals surface area contributed by atoms with Gasteiger partial charge in [-0.2, -0.15) is 4.98 Å². The molecule has 194 valence electrons. The van der Waals surface area contributed by atoms with Gasteiger partial charge in [0.05, 0.1) is 36.7 Å². The number of carbonyl (C=O) groups excluding carboxylic acids is 1. The molecule has 2 fully saturated rings. The van der Waals surface area contributed by atoms with E-state index in [-0.39, 0.29) is 17.9 Å². The molecule has 36 heavy (non-hydrogen) atoms. The molecule has 11 heteroatoms. The van der Waals surface area contributed by atoms with E-state index in [1.165, 1.54) is 22.9 Å². The van der Waals surface area contributed by atoms with E-state index in [0.717, 1.165) is 32.6 Å².